The SMILES string of the molecule is CCNC(=NCc1ccc(C)cc1OCCCOC)NCCc1nc(C(C)C)no1. The number of aryl methyl sites for hydroxylation is 1. The Balaban J connectivity index is 1.94. The molecule has 0 amide bonds. The number of hydrogen-bond donors (Lipinski definition) is 2. The molecular formula is C22H35N5O3. The number of benzene rings is 1. The number of aliphatic imine (C=N–C) groups is 1. The molecule has 2 N–H and O–H groups in total. The highest BCUT2D eigenvalue weighted by molar-refractivity contribution is 5.79. The van der Waals surface area contributed by atoms with Gasteiger partial charge in [-0.2, -0.15) is 4.98 Å². The van der Waals surface area contributed by atoms with Crippen LogP contribution in [-0.2, 0) is 17.7 Å². The third kappa shape index (κ3) is 8.02. The summed E-state index contributed by atoms with van der Waals surface area (Å²) in [5, 5.41) is 10.6. The Morgan fingerprint density at radius 1 is 1.23 bits per heavy atom. The zero-order valence-electron chi connectivity index (χ0n) is 18.8. The molecule has 0 saturated heterocycles. The maximum atomic E-state index is 5.96. The van der Waals surface area contributed by atoms with E-state index in [0.717, 1.165) is 41.6 Å². The predicted octanol–water partition coefficient (Wildman–Crippen LogP) is 3.21. The number of rotatable bonds is 12. The van der Waals surface area contributed by atoms with E-state index in [1.165, 1.54) is 0 Å². The van der Waals surface area contributed by atoms with E-state index < -0.39 is 0 Å². The molecule has 2 rings (SSSR count). The molecule has 0 bridgehead atoms. The van der Waals surface area contributed by atoms with Gasteiger partial charge in [0.05, 0.1) is 13.2 Å². The lowest BCUT2D eigenvalue weighted by Gasteiger charge is -2.13. The van der Waals surface area contributed by atoms with Gasteiger partial charge in [-0.3, -0.25) is 0 Å². The molecule has 1 aromatic heterocycles. The van der Waals surface area contributed by atoms with Gasteiger partial charge in [-0.15, -0.1) is 0 Å². The molecule has 166 valence electrons. The van der Waals surface area contributed by atoms with Gasteiger partial charge in [0.15, 0.2) is 11.8 Å². The summed E-state index contributed by atoms with van der Waals surface area (Å²) >= 11 is 0. The van der Waals surface area contributed by atoms with Gasteiger partial charge in [-0.25, -0.2) is 4.99 Å². The second-order valence-electron chi connectivity index (χ2n) is 7.38. The summed E-state index contributed by atoms with van der Waals surface area (Å²) in [6, 6.07) is 6.20. The van der Waals surface area contributed by atoms with Crippen LogP contribution in [0.1, 0.15) is 56.0 Å². The fraction of sp³-hybridized carbons (Fsp3) is 0.591. The first-order valence-corrected chi connectivity index (χ1v) is 10.6. The number of ether oxygens (including phenoxy) is 2. The van der Waals surface area contributed by atoms with Crippen molar-refractivity contribution in [3.05, 3.63) is 41.0 Å². The molecule has 8 heteroatoms. The van der Waals surface area contributed by atoms with Gasteiger partial charge >= 0.3 is 0 Å². The molecule has 0 aliphatic carbocycles. The van der Waals surface area contributed by atoms with Gasteiger partial charge in [0.25, 0.3) is 0 Å². The summed E-state index contributed by atoms with van der Waals surface area (Å²) in [7, 11) is 1.70. The van der Waals surface area contributed by atoms with Crippen LogP contribution in [0.3, 0.4) is 0 Å². The Bertz CT molecular complexity index is 789. The first-order valence-electron chi connectivity index (χ1n) is 10.6. The summed E-state index contributed by atoms with van der Waals surface area (Å²) in [5.74, 6) is 3.25. The van der Waals surface area contributed by atoms with Crippen LogP contribution < -0.4 is 15.4 Å². The van der Waals surface area contributed by atoms with Crippen LogP contribution in [0.5, 0.6) is 5.75 Å². The smallest absolute Gasteiger partial charge is 0.228 e. The van der Waals surface area contributed by atoms with Crippen LogP contribution in [0.25, 0.3) is 0 Å². The standard InChI is InChI=1S/C22H35N5O3/c1-6-23-22(24-11-10-20-26-21(16(2)3)27-30-20)25-15-18-9-8-17(4)14-19(18)29-13-7-12-28-5/h8-9,14,16H,6-7,10-13,15H2,1-5H3,(H2,23,24,25). The molecule has 0 saturated carbocycles. The fourth-order valence-corrected chi connectivity index (χ4v) is 2.71. The summed E-state index contributed by atoms with van der Waals surface area (Å²) in [5.41, 5.74) is 2.21. The van der Waals surface area contributed by atoms with Gasteiger partial charge in [-0.05, 0) is 25.5 Å². The Labute approximate surface area is 179 Å². The molecule has 0 spiro atoms. The minimum Gasteiger partial charge on any atom is -0.493 e. The maximum absolute atomic E-state index is 5.96. The van der Waals surface area contributed by atoms with Crippen LogP contribution in [0, 0.1) is 6.92 Å². The number of aromatic nitrogens is 2. The van der Waals surface area contributed by atoms with E-state index in [4.69, 9.17) is 19.0 Å². The van der Waals surface area contributed by atoms with Crippen LogP contribution in [0.4, 0.5) is 0 Å². The monoisotopic (exact) mass is 417 g/mol. The molecule has 1 heterocycles. The van der Waals surface area contributed by atoms with E-state index in [0.29, 0.717) is 38.6 Å². The van der Waals surface area contributed by atoms with Crippen molar-refractivity contribution < 1.29 is 14.0 Å². The average molecular weight is 418 g/mol. The predicted molar refractivity (Wildman–Crippen MR) is 118 cm³/mol. The number of nitrogens with zero attached hydrogens (tertiary/aromatic N) is 3. The molecule has 2 aromatic rings. The van der Waals surface area contributed by atoms with Gasteiger partial charge in [-0.1, -0.05) is 31.1 Å². The number of guanidine groups is 1. The van der Waals surface area contributed by atoms with Crippen LogP contribution in [0.15, 0.2) is 27.7 Å². The molecule has 0 unspecified atom stereocenters. The van der Waals surface area contributed by atoms with Gasteiger partial charge in [0.2, 0.25) is 5.89 Å². The Hall–Kier alpha value is -2.61. The van der Waals surface area contributed by atoms with Crippen molar-refractivity contribution in [2.24, 2.45) is 4.99 Å². The van der Waals surface area contributed by atoms with Crippen molar-refractivity contribution in [3.63, 3.8) is 0 Å². The summed E-state index contributed by atoms with van der Waals surface area (Å²) < 4.78 is 16.3. The van der Waals surface area contributed by atoms with Crippen LogP contribution in [0.2, 0.25) is 0 Å². The number of hydrogen-bond acceptors (Lipinski definition) is 6. The molecule has 0 fully saturated rings. The second-order valence-corrected chi connectivity index (χ2v) is 7.38. The fourth-order valence-electron chi connectivity index (χ4n) is 2.71. The number of nitrogens with one attached hydrogen (secondary N) is 2. The first kappa shape index (κ1) is 23.7. The van der Waals surface area contributed by atoms with Crippen molar-refractivity contribution >= 4 is 5.96 Å². The third-order valence-corrected chi connectivity index (χ3v) is 4.36. The normalized spacial score (nSPS) is 11.7. The zero-order valence-corrected chi connectivity index (χ0v) is 18.8. The van der Waals surface area contributed by atoms with Gasteiger partial charge in [0, 0.05) is 51.1 Å². The average Bonchev–Trinajstić information content (AvgIpc) is 3.20. The summed E-state index contributed by atoms with van der Waals surface area (Å²) in [6.07, 6.45) is 1.49. The molecule has 1 aromatic carbocycles. The minimum absolute atomic E-state index is 0.259. The third-order valence-electron chi connectivity index (χ3n) is 4.36. The highest BCUT2D eigenvalue weighted by atomic mass is 16.5. The molecule has 0 atom stereocenters. The van der Waals surface area contributed by atoms with E-state index in [2.05, 4.69) is 45.9 Å². The Morgan fingerprint density at radius 3 is 2.77 bits per heavy atom. The first-order chi connectivity index (χ1) is 14.5. The van der Waals surface area contributed by atoms with E-state index in [-0.39, 0.29) is 5.92 Å². The molecule has 8 nitrogen and oxygen atoms in total. The van der Waals surface area contributed by atoms with Crippen molar-refractivity contribution in [2.75, 3.05) is 33.4 Å². The van der Waals surface area contributed by atoms with Gasteiger partial charge in [0.1, 0.15) is 5.75 Å². The minimum atomic E-state index is 0.259. The summed E-state index contributed by atoms with van der Waals surface area (Å²) in [6.45, 7) is 11.4. The van der Waals surface area contributed by atoms with E-state index in [9.17, 15) is 0 Å². The largest absolute Gasteiger partial charge is 0.493 e. The Morgan fingerprint density at radius 2 is 2.07 bits per heavy atom. The van der Waals surface area contributed by atoms with Crippen LogP contribution >= 0.6 is 0 Å². The quantitative estimate of drug-likeness (QED) is 0.311. The molecule has 0 aliphatic rings. The lowest BCUT2D eigenvalue weighted by Crippen LogP contribution is -2.38. The lowest BCUT2D eigenvalue weighted by atomic mass is 10.1. The lowest BCUT2D eigenvalue weighted by molar-refractivity contribution is 0.172. The van der Waals surface area contributed by atoms with Crippen molar-refractivity contribution in [3.8, 4) is 5.75 Å². The topological polar surface area (TPSA) is 93.8 Å². The molecule has 0 radical (unpaired) electrons. The zero-order chi connectivity index (χ0) is 21.8. The number of methoxy groups -OCH3 is 1. The van der Waals surface area contributed by atoms with Crippen LogP contribution in [-0.4, -0.2) is 49.5 Å². The highest BCUT2D eigenvalue weighted by Gasteiger charge is 2.10. The summed E-state index contributed by atoms with van der Waals surface area (Å²) in [4.78, 5) is 9.11. The highest BCUT2D eigenvalue weighted by Crippen LogP contribution is 2.21. The maximum Gasteiger partial charge on any atom is 0.228 e. The molecule has 0 aliphatic heterocycles. The van der Waals surface area contributed by atoms with E-state index in [1.54, 1.807) is 7.11 Å². The Kier molecular flexibility index (Phi) is 10.1. The molecular weight excluding hydrogens is 382 g/mol. The van der Waals surface area contributed by atoms with Crippen molar-refractivity contribution in [1.29, 1.82) is 0 Å². The van der Waals surface area contributed by atoms with E-state index >= 15 is 0 Å². The van der Waals surface area contributed by atoms with Crippen molar-refractivity contribution in [1.82, 2.24) is 20.8 Å². The van der Waals surface area contributed by atoms with E-state index in [1.807, 2.05) is 20.8 Å². The van der Waals surface area contributed by atoms with Crippen molar-refractivity contribution in [2.45, 2.75) is 53.0 Å². The molecule has 30 heavy (non-hydrogen) atoms. The van der Waals surface area contributed by atoms with Gasteiger partial charge < -0.3 is 24.6 Å². The second kappa shape index (κ2) is 12.8.